The third-order valence-corrected chi connectivity index (χ3v) is 3.45. The van der Waals surface area contributed by atoms with E-state index >= 15 is 0 Å². The third kappa shape index (κ3) is 3.13. The first-order chi connectivity index (χ1) is 7.69. The highest BCUT2D eigenvalue weighted by Gasteiger charge is 2.23. The van der Waals surface area contributed by atoms with Crippen molar-refractivity contribution in [1.29, 1.82) is 0 Å². The normalized spacial score (nSPS) is 15.7. The lowest BCUT2D eigenvalue weighted by Gasteiger charge is -2.20. The zero-order chi connectivity index (χ0) is 11.5. The van der Waals surface area contributed by atoms with Gasteiger partial charge in [0.1, 0.15) is 5.75 Å². The summed E-state index contributed by atoms with van der Waals surface area (Å²) in [5.74, 6) is 1.18. The fourth-order valence-corrected chi connectivity index (χ4v) is 2.07. The van der Waals surface area contributed by atoms with Crippen molar-refractivity contribution in [1.82, 2.24) is 4.90 Å². The summed E-state index contributed by atoms with van der Waals surface area (Å²) in [6.45, 7) is 5.18. The van der Waals surface area contributed by atoms with Crippen LogP contribution >= 0.6 is 11.6 Å². The van der Waals surface area contributed by atoms with Gasteiger partial charge in [0.05, 0.1) is 0 Å². The van der Waals surface area contributed by atoms with E-state index in [1.54, 1.807) is 18.2 Å². The molecule has 1 fully saturated rings. The van der Waals surface area contributed by atoms with Gasteiger partial charge in [-0.05, 0) is 49.1 Å². The molecule has 0 heterocycles. The van der Waals surface area contributed by atoms with Gasteiger partial charge in [0.25, 0.3) is 0 Å². The molecule has 1 aliphatic rings. The summed E-state index contributed by atoms with van der Waals surface area (Å²) in [7, 11) is 0. The molecular weight excluding hydrogens is 222 g/mol. The molecule has 0 radical (unpaired) electrons. The second-order valence-corrected chi connectivity index (χ2v) is 4.95. The van der Waals surface area contributed by atoms with Gasteiger partial charge < -0.3 is 5.11 Å². The zero-order valence-electron chi connectivity index (χ0n) is 9.62. The highest BCUT2D eigenvalue weighted by atomic mass is 35.5. The van der Waals surface area contributed by atoms with Crippen LogP contribution in [0.4, 0.5) is 0 Å². The van der Waals surface area contributed by atoms with E-state index in [4.69, 9.17) is 11.6 Å². The summed E-state index contributed by atoms with van der Waals surface area (Å²) in [5, 5.41) is 10.2. The molecule has 3 heteroatoms. The standard InChI is InChI=1S/C13H18ClNO/c1-2-15(8-10-3-4-10)9-11-7-12(16)5-6-13(11)14/h5-7,10,16H,2-4,8-9H2,1H3. The predicted molar refractivity (Wildman–Crippen MR) is 66.8 cm³/mol. The topological polar surface area (TPSA) is 23.5 Å². The Kier molecular flexibility index (Phi) is 3.72. The summed E-state index contributed by atoms with van der Waals surface area (Å²) in [4.78, 5) is 2.39. The second kappa shape index (κ2) is 5.07. The molecule has 0 spiro atoms. The number of halogens is 1. The van der Waals surface area contributed by atoms with Gasteiger partial charge in [0.2, 0.25) is 0 Å². The van der Waals surface area contributed by atoms with Crippen LogP contribution in [0.25, 0.3) is 0 Å². The van der Waals surface area contributed by atoms with Crippen molar-refractivity contribution in [3.05, 3.63) is 28.8 Å². The van der Waals surface area contributed by atoms with Crippen molar-refractivity contribution in [2.45, 2.75) is 26.3 Å². The van der Waals surface area contributed by atoms with Crippen LogP contribution in [0.15, 0.2) is 18.2 Å². The lowest BCUT2D eigenvalue weighted by atomic mass is 10.2. The number of hydrogen-bond donors (Lipinski definition) is 1. The van der Waals surface area contributed by atoms with E-state index in [1.807, 2.05) is 0 Å². The molecule has 0 aromatic heterocycles. The first kappa shape index (κ1) is 11.7. The predicted octanol–water partition coefficient (Wildman–Crippen LogP) is 3.28. The van der Waals surface area contributed by atoms with Crippen molar-refractivity contribution in [2.75, 3.05) is 13.1 Å². The second-order valence-electron chi connectivity index (χ2n) is 4.55. The zero-order valence-corrected chi connectivity index (χ0v) is 10.4. The van der Waals surface area contributed by atoms with Crippen LogP contribution in [0.2, 0.25) is 5.02 Å². The average Bonchev–Trinajstić information content (AvgIpc) is 3.06. The first-order valence-electron chi connectivity index (χ1n) is 5.88. The van der Waals surface area contributed by atoms with Crippen molar-refractivity contribution < 1.29 is 5.11 Å². The Morgan fingerprint density at radius 1 is 1.44 bits per heavy atom. The van der Waals surface area contributed by atoms with E-state index in [-0.39, 0.29) is 0 Å². The molecule has 16 heavy (non-hydrogen) atoms. The summed E-state index contributed by atoms with van der Waals surface area (Å²) in [6.07, 6.45) is 2.73. The lowest BCUT2D eigenvalue weighted by Crippen LogP contribution is -2.25. The fourth-order valence-electron chi connectivity index (χ4n) is 1.89. The molecule has 0 amide bonds. The van der Waals surface area contributed by atoms with E-state index in [2.05, 4.69) is 11.8 Å². The summed E-state index contributed by atoms with van der Waals surface area (Å²) >= 11 is 6.11. The number of benzene rings is 1. The fraction of sp³-hybridized carbons (Fsp3) is 0.538. The average molecular weight is 240 g/mol. The molecule has 2 rings (SSSR count). The number of rotatable bonds is 5. The number of aromatic hydroxyl groups is 1. The minimum atomic E-state index is 0.293. The first-order valence-corrected chi connectivity index (χ1v) is 6.26. The van der Waals surface area contributed by atoms with Crippen LogP contribution in [0.1, 0.15) is 25.3 Å². The Hall–Kier alpha value is -0.730. The summed E-state index contributed by atoms with van der Waals surface area (Å²) < 4.78 is 0. The maximum atomic E-state index is 9.44. The van der Waals surface area contributed by atoms with Crippen LogP contribution in [-0.2, 0) is 6.54 Å². The quantitative estimate of drug-likeness (QED) is 0.853. The Balaban J connectivity index is 2.01. The molecule has 1 N–H and O–H groups in total. The SMILES string of the molecule is CCN(Cc1cc(O)ccc1Cl)CC1CC1. The van der Waals surface area contributed by atoms with Crippen molar-refractivity contribution in [3.8, 4) is 5.75 Å². The van der Waals surface area contributed by atoms with E-state index in [0.29, 0.717) is 5.75 Å². The minimum Gasteiger partial charge on any atom is -0.508 e. The Morgan fingerprint density at radius 3 is 2.81 bits per heavy atom. The van der Waals surface area contributed by atoms with Crippen LogP contribution in [0.5, 0.6) is 5.75 Å². The molecule has 0 aliphatic heterocycles. The van der Waals surface area contributed by atoms with E-state index in [1.165, 1.54) is 12.8 Å². The smallest absolute Gasteiger partial charge is 0.116 e. The van der Waals surface area contributed by atoms with E-state index in [9.17, 15) is 5.11 Å². The molecule has 1 aromatic carbocycles. The molecule has 1 aromatic rings. The molecular formula is C13H18ClNO. The number of hydrogen-bond acceptors (Lipinski definition) is 2. The third-order valence-electron chi connectivity index (χ3n) is 3.08. The Morgan fingerprint density at radius 2 is 2.19 bits per heavy atom. The molecule has 1 aliphatic carbocycles. The van der Waals surface area contributed by atoms with Gasteiger partial charge in [0, 0.05) is 18.1 Å². The van der Waals surface area contributed by atoms with Gasteiger partial charge in [-0.25, -0.2) is 0 Å². The van der Waals surface area contributed by atoms with E-state index < -0.39 is 0 Å². The maximum absolute atomic E-state index is 9.44. The molecule has 0 atom stereocenters. The summed E-state index contributed by atoms with van der Waals surface area (Å²) in [6, 6.07) is 5.15. The Bertz CT molecular complexity index is 363. The highest BCUT2D eigenvalue weighted by molar-refractivity contribution is 6.31. The van der Waals surface area contributed by atoms with Gasteiger partial charge in [-0.2, -0.15) is 0 Å². The van der Waals surface area contributed by atoms with Crippen molar-refractivity contribution >= 4 is 11.6 Å². The molecule has 0 bridgehead atoms. The van der Waals surface area contributed by atoms with Gasteiger partial charge in [0.15, 0.2) is 0 Å². The van der Waals surface area contributed by atoms with Crippen molar-refractivity contribution in [3.63, 3.8) is 0 Å². The highest BCUT2D eigenvalue weighted by Crippen LogP contribution is 2.31. The largest absolute Gasteiger partial charge is 0.508 e. The molecule has 0 unspecified atom stereocenters. The monoisotopic (exact) mass is 239 g/mol. The van der Waals surface area contributed by atoms with Crippen LogP contribution < -0.4 is 0 Å². The van der Waals surface area contributed by atoms with Gasteiger partial charge in [-0.1, -0.05) is 18.5 Å². The van der Waals surface area contributed by atoms with Crippen LogP contribution in [0, 0.1) is 5.92 Å². The van der Waals surface area contributed by atoms with Gasteiger partial charge in [-0.3, -0.25) is 4.90 Å². The number of phenols is 1. The Labute approximate surface area is 102 Å². The summed E-state index contributed by atoms with van der Waals surface area (Å²) in [5.41, 5.74) is 1.02. The molecule has 2 nitrogen and oxygen atoms in total. The van der Waals surface area contributed by atoms with Gasteiger partial charge >= 0.3 is 0 Å². The molecule has 0 saturated heterocycles. The number of nitrogens with zero attached hydrogens (tertiary/aromatic N) is 1. The molecule has 1 saturated carbocycles. The molecule has 88 valence electrons. The van der Waals surface area contributed by atoms with Crippen LogP contribution in [0.3, 0.4) is 0 Å². The maximum Gasteiger partial charge on any atom is 0.116 e. The lowest BCUT2D eigenvalue weighted by molar-refractivity contribution is 0.268. The van der Waals surface area contributed by atoms with Gasteiger partial charge in [-0.15, -0.1) is 0 Å². The van der Waals surface area contributed by atoms with Crippen molar-refractivity contribution in [2.24, 2.45) is 5.92 Å². The number of phenolic OH excluding ortho intramolecular Hbond substituents is 1. The minimum absolute atomic E-state index is 0.293. The van der Waals surface area contributed by atoms with E-state index in [0.717, 1.165) is 36.1 Å². The van der Waals surface area contributed by atoms with Crippen LogP contribution in [-0.4, -0.2) is 23.1 Å².